The number of fused-ring (bicyclic) bond motifs is 9. The highest BCUT2D eigenvalue weighted by molar-refractivity contribution is 7.92. The first-order chi connectivity index (χ1) is 21.3. The van der Waals surface area contributed by atoms with Gasteiger partial charge in [-0.2, -0.15) is 0 Å². The molecule has 9 rings (SSSR count). The van der Waals surface area contributed by atoms with Crippen LogP contribution in [0, 0.1) is 0 Å². The van der Waals surface area contributed by atoms with Crippen molar-refractivity contribution < 1.29 is 8.97 Å². The normalized spacial score (nSPS) is 12.7. The van der Waals surface area contributed by atoms with Crippen LogP contribution in [0.4, 0.5) is 0 Å². The van der Waals surface area contributed by atoms with E-state index in [0.717, 1.165) is 69.8 Å². The maximum atomic E-state index is 14.2. The molecule has 0 aliphatic carbocycles. The molecule has 0 radical (unpaired) electrons. The first-order valence-corrected chi connectivity index (χ1v) is 15.6. The van der Waals surface area contributed by atoms with Gasteiger partial charge in [-0.25, -0.2) is 0 Å². The van der Waals surface area contributed by atoms with E-state index in [2.05, 4.69) is 103 Å². The van der Waals surface area contributed by atoms with E-state index in [9.17, 15) is 4.55 Å². The number of furan rings is 1. The van der Waals surface area contributed by atoms with Gasteiger partial charge in [-0.15, -0.1) is 0 Å². The van der Waals surface area contributed by atoms with E-state index < -0.39 is 11.2 Å². The lowest BCUT2D eigenvalue weighted by molar-refractivity contribution is 0.596. The van der Waals surface area contributed by atoms with Crippen molar-refractivity contribution in [1.29, 1.82) is 0 Å². The molecule has 2 nitrogen and oxygen atoms in total. The average molecular weight is 569 g/mol. The van der Waals surface area contributed by atoms with Crippen LogP contribution in [0.15, 0.2) is 160 Å². The van der Waals surface area contributed by atoms with Crippen molar-refractivity contribution in [3.8, 4) is 11.1 Å². The molecule has 0 bridgehead atoms. The fraction of sp³-hybridized carbons (Fsp3) is 0. The summed E-state index contributed by atoms with van der Waals surface area (Å²) in [5, 5.41) is 11.1. The van der Waals surface area contributed by atoms with E-state index in [0.29, 0.717) is 0 Å². The Bertz CT molecular complexity index is 2470. The Morgan fingerprint density at radius 3 is 1.67 bits per heavy atom. The van der Waals surface area contributed by atoms with Gasteiger partial charge in [0, 0.05) is 43.8 Å². The molecular formula is C40H24O2S. The van der Waals surface area contributed by atoms with Crippen LogP contribution < -0.4 is 0 Å². The highest BCUT2D eigenvalue weighted by atomic mass is 32.2. The Hall–Kier alpha value is -5.09. The van der Waals surface area contributed by atoms with Gasteiger partial charge in [-0.05, 0) is 68.7 Å². The summed E-state index contributed by atoms with van der Waals surface area (Å²) >= 11 is -1.36. The third kappa shape index (κ3) is 3.59. The second kappa shape index (κ2) is 9.47. The first-order valence-electron chi connectivity index (χ1n) is 14.4. The number of hydrogen-bond donors (Lipinski definition) is 0. The van der Waals surface area contributed by atoms with Crippen LogP contribution in [0.3, 0.4) is 0 Å². The van der Waals surface area contributed by atoms with Gasteiger partial charge in [0.2, 0.25) is 0 Å². The molecule has 0 amide bonds. The molecule has 1 heterocycles. The SMILES string of the molecule is [O-][S+](c1ccccc1)c1c2ccccc2c(-c2cc3ccccc3c3c2oc2ccc4ccccc4c23)c2ccccc12. The molecule has 0 spiro atoms. The summed E-state index contributed by atoms with van der Waals surface area (Å²) in [6.45, 7) is 0. The van der Waals surface area contributed by atoms with E-state index in [1.54, 1.807) is 0 Å². The van der Waals surface area contributed by atoms with Gasteiger partial charge < -0.3 is 8.97 Å². The lowest BCUT2D eigenvalue weighted by Crippen LogP contribution is -2.05. The lowest BCUT2D eigenvalue weighted by atomic mass is 9.89. The van der Waals surface area contributed by atoms with Crippen LogP contribution in [0.25, 0.3) is 76.2 Å². The first kappa shape index (κ1) is 24.5. The molecule has 1 aromatic heterocycles. The molecule has 0 N–H and O–H groups in total. The summed E-state index contributed by atoms with van der Waals surface area (Å²) in [6.07, 6.45) is 0. The van der Waals surface area contributed by atoms with Gasteiger partial charge in [-0.3, -0.25) is 0 Å². The second-order valence-electron chi connectivity index (χ2n) is 11.0. The van der Waals surface area contributed by atoms with E-state index in [1.165, 1.54) is 16.2 Å². The summed E-state index contributed by atoms with van der Waals surface area (Å²) in [5.74, 6) is 0. The Labute approximate surface area is 251 Å². The summed E-state index contributed by atoms with van der Waals surface area (Å²) in [5.41, 5.74) is 3.89. The third-order valence-electron chi connectivity index (χ3n) is 8.65. The van der Waals surface area contributed by atoms with Crippen molar-refractivity contribution in [3.63, 3.8) is 0 Å². The summed E-state index contributed by atoms with van der Waals surface area (Å²) in [7, 11) is 0. The van der Waals surface area contributed by atoms with Crippen molar-refractivity contribution >= 4 is 76.2 Å². The van der Waals surface area contributed by atoms with E-state index in [4.69, 9.17) is 4.42 Å². The number of rotatable bonds is 3. The largest absolute Gasteiger partial charge is 0.606 e. The molecule has 9 aromatic rings. The van der Waals surface area contributed by atoms with Crippen molar-refractivity contribution in [3.05, 3.63) is 146 Å². The van der Waals surface area contributed by atoms with Crippen LogP contribution in [0.2, 0.25) is 0 Å². The van der Waals surface area contributed by atoms with Crippen LogP contribution in [0.5, 0.6) is 0 Å². The topological polar surface area (TPSA) is 36.2 Å². The molecule has 0 saturated carbocycles. The molecule has 1 unspecified atom stereocenters. The lowest BCUT2D eigenvalue weighted by Gasteiger charge is -2.19. The van der Waals surface area contributed by atoms with Crippen molar-refractivity contribution in [2.75, 3.05) is 0 Å². The minimum Gasteiger partial charge on any atom is -0.606 e. The minimum absolute atomic E-state index is 0.794. The zero-order chi connectivity index (χ0) is 28.5. The van der Waals surface area contributed by atoms with Gasteiger partial charge in [0.15, 0.2) is 9.79 Å². The molecule has 0 fully saturated rings. The van der Waals surface area contributed by atoms with Gasteiger partial charge >= 0.3 is 0 Å². The predicted molar refractivity (Wildman–Crippen MR) is 180 cm³/mol. The molecule has 1 atom stereocenters. The standard InChI is InChI=1S/C40H24O2S/c41-43(27-14-2-1-3-15-27)40-32-20-10-8-18-30(32)36(31-19-9-11-21-33(31)40)34-24-26-13-5-7-17-29(26)38-37-28-16-6-4-12-25(28)22-23-35(37)42-39(34)38/h1-24H. The minimum atomic E-state index is -1.36. The Balaban J connectivity index is 1.48. The molecule has 0 saturated heterocycles. The smallest absolute Gasteiger partial charge is 0.174 e. The molecule has 0 aliphatic heterocycles. The van der Waals surface area contributed by atoms with Crippen molar-refractivity contribution in [2.45, 2.75) is 9.79 Å². The van der Waals surface area contributed by atoms with Crippen molar-refractivity contribution in [1.82, 2.24) is 0 Å². The van der Waals surface area contributed by atoms with Gasteiger partial charge in [0.1, 0.15) is 11.2 Å². The number of benzene rings is 8. The summed E-state index contributed by atoms with van der Waals surface area (Å²) in [4.78, 5) is 1.64. The second-order valence-corrected chi connectivity index (χ2v) is 12.4. The molecule has 0 aliphatic rings. The van der Waals surface area contributed by atoms with E-state index in [1.807, 2.05) is 42.5 Å². The fourth-order valence-corrected chi connectivity index (χ4v) is 8.21. The molecule has 8 aromatic carbocycles. The van der Waals surface area contributed by atoms with Crippen LogP contribution >= 0.6 is 0 Å². The maximum Gasteiger partial charge on any atom is 0.174 e. The van der Waals surface area contributed by atoms with Gasteiger partial charge in [-0.1, -0.05) is 109 Å². The molecule has 43 heavy (non-hydrogen) atoms. The third-order valence-corrected chi connectivity index (χ3v) is 10.2. The van der Waals surface area contributed by atoms with Crippen LogP contribution in [-0.2, 0) is 11.2 Å². The molecular weight excluding hydrogens is 545 g/mol. The van der Waals surface area contributed by atoms with Crippen LogP contribution in [-0.4, -0.2) is 4.55 Å². The highest BCUT2D eigenvalue weighted by Gasteiger charge is 2.27. The van der Waals surface area contributed by atoms with Crippen LogP contribution in [0.1, 0.15) is 0 Å². The quantitative estimate of drug-likeness (QED) is 0.157. The molecule has 202 valence electrons. The fourth-order valence-electron chi connectivity index (χ4n) is 6.81. The van der Waals surface area contributed by atoms with Gasteiger partial charge in [0.05, 0.1) is 0 Å². The monoisotopic (exact) mass is 568 g/mol. The summed E-state index contributed by atoms with van der Waals surface area (Å²) < 4.78 is 21.1. The number of hydrogen-bond acceptors (Lipinski definition) is 2. The highest BCUT2D eigenvalue weighted by Crippen LogP contribution is 2.48. The zero-order valence-corrected chi connectivity index (χ0v) is 23.9. The maximum absolute atomic E-state index is 14.2. The Morgan fingerprint density at radius 2 is 1.00 bits per heavy atom. The average Bonchev–Trinajstić information content (AvgIpc) is 3.48. The van der Waals surface area contributed by atoms with E-state index in [-0.39, 0.29) is 0 Å². The molecule has 3 heteroatoms. The zero-order valence-electron chi connectivity index (χ0n) is 23.1. The van der Waals surface area contributed by atoms with E-state index >= 15 is 0 Å². The van der Waals surface area contributed by atoms with Gasteiger partial charge in [0.25, 0.3) is 0 Å². The van der Waals surface area contributed by atoms with Crippen molar-refractivity contribution in [2.24, 2.45) is 0 Å². The summed E-state index contributed by atoms with van der Waals surface area (Å²) in [6, 6.07) is 50.1. The Morgan fingerprint density at radius 1 is 0.465 bits per heavy atom. The predicted octanol–water partition coefficient (Wildman–Crippen LogP) is 11.0. The Kier molecular flexibility index (Phi) is 5.39.